The second kappa shape index (κ2) is 7.21. The van der Waals surface area contributed by atoms with Crippen molar-refractivity contribution in [1.29, 1.82) is 0 Å². The third kappa shape index (κ3) is 3.66. The third-order valence-corrected chi connectivity index (χ3v) is 6.20. The van der Waals surface area contributed by atoms with E-state index in [4.69, 9.17) is 0 Å². The summed E-state index contributed by atoms with van der Waals surface area (Å²) < 4.78 is 26.0. The van der Waals surface area contributed by atoms with E-state index < -0.39 is 16.1 Å². The molecule has 26 heavy (non-hydrogen) atoms. The Bertz CT molecular complexity index is 896. The number of para-hydroxylation sites is 1. The fraction of sp³-hybridized carbons (Fsp3) is 0.350. The van der Waals surface area contributed by atoms with Gasteiger partial charge < -0.3 is 4.90 Å². The molecule has 0 radical (unpaired) electrons. The zero-order chi connectivity index (χ0) is 18.9. The standard InChI is InChI=1S/C20H24N2O3S/c1-15-13-18-11-7-8-12-19(18)22(15)20(23)14-21(26(3,24)25)16(2)17-9-5-4-6-10-17/h4-12,15-16H,13-14H2,1-3H3. The van der Waals surface area contributed by atoms with Crippen molar-refractivity contribution in [2.45, 2.75) is 32.4 Å². The third-order valence-electron chi connectivity index (χ3n) is 4.91. The number of nitrogens with zero attached hydrogens (tertiary/aromatic N) is 2. The molecule has 0 fully saturated rings. The summed E-state index contributed by atoms with van der Waals surface area (Å²) in [6, 6.07) is 16.8. The highest BCUT2D eigenvalue weighted by atomic mass is 32.2. The molecule has 2 aromatic carbocycles. The van der Waals surface area contributed by atoms with Gasteiger partial charge in [0.2, 0.25) is 15.9 Å². The summed E-state index contributed by atoms with van der Waals surface area (Å²) in [6.07, 6.45) is 1.94. The predicted octanol–water partition coefficient (Wildman–Crippen LogP) is 2.99. The van der Waals surface area contributed by atoms with Crippen LogP contribution in [0.25, 0.3) is 0 Å². The average Bonchev–Trinajstić information content (AvgIpc) is 2.94. The first-order valence-electron chi connectivity index (χ1n) is 8.70. The molecular weight excluding hydrogens is 348 g/mol. The Morgan fingerprint density at radius 3 is 2.42 bits per heavy atom. The zero-order valence-corrected chi connectivity index (χ0v) is 16.1. The minimum Gasteiger partial charge on any atom is -0.308 e. The monoisotopic (exact) mass is 372 g/mol. The van der Waals surface area contributed by atoms with Gasteiger partial charge in [-0.05, 0) is 37.5 Å². The number of amides is 1. The lowest BCUT2D eigenvalue weighted by molar-refractivity contribution is -0.119. The fourth-order valence-corrected chi connectivity index (χ4v) is 4.64. The summed E-state index contributed by atoms with van der Waals surface area (Å²) in [5.74, 6) is -0.198. The molecule has 138 valence electrons. The highest BCUT2D eigenvalue weighted by Gasteiger charge is 2.34. The van der Waals surface area contributed by atoms with Gasteiger partial charge in [-0.1, -0.05) is 48.5 Å². The van der Waals surface area contributed by atoms with Crippen LogP contribution in [0.3, 0.4) is 0 Å². The lowest BCUT2D eigenvalue weighted by Crippen LogP contribution is -2.45. The number of rotatable bonds is 5. The molecule has 2 aromatic rings. The Kier molecular flexibility index (Phi) is 5.16. The Morgan fingerprint density at radius 2 is 1.77 bits per heavy atom. The number of hydrogen-bond acceptors (Lipinski definition) is 3. The molecule has 1 aliphatic rings. The van der Waals surface area contributed by atoms with Gasteiger partial charge >= 0.3 is 0 Å². The van der Waals surface area contributed by atoms with Crippen molar-refractivity contribution >= 4 is 21.6 Å². The first-order chi connectivity index (χ1) is 12.3. The molecule has 3 rings (SSSR count). The van der Waals surface area contributed by atoms with Gasteiger partial charge in [0.05, 0.1) is 12.8 Å². The summed E-state index contributed by atoms with van der Waals surface area (Å²) in [5.41, 5.74) is 2.86. The van der Waals surface area contributed by atoms with E-state index in [0.717, 1.165) is 29.5 Å². The van der Waals surface area contributed by atoms with Crippen LogP contribution in [-0.4, -0.2) is 37.5 Å². The SMILES string of the molecule is CC1Cc2ccccc2N1C(=O)CN(C(C)c1ccccc1)S(C)(=O)=O. The van der Waals surface area contributed by atoms with Crippen LogP contribution >= 0.6 is 0 Å². The normalized spacial score (nSPS) is 18.0. The second-order valence-corrected chi connectivity index (χ2v) is 8.78. The molecule has 0 saturated heterocycles. The van der Waals surface area contributed by atoms with E-state index in [9.17, 15) is 13.2 Å². The number of fused-ring (bicyclic) bond motifs is 1. The van der Waals surface area contributed by atoms with E-state index in [2.05, 4.69) is 0 Å². The molecular formula is C20H24N2O3S. The molecule has 0 bridgehead atoms. The smallest absolute Gasteiger partial charge is 0.242 e. The van der Waals surface area contributed by atoms with Crippen LogP contribution in [0.15, 0.2) is 54.6 Å². The minimum absolute atomic E-state index is 0.0216. The van der Waals surface area contributed by atoms with Gasteiger partial charge in [0, 0.05) is 17.8 Å². The molecule has 1 heterocycles. The topological polar surface area (TPSA) is 57.7 Å². The molecule has 0 aromatic heterocycles. The number of carbonyl (C=O) groups excluding carboxylic acids is 1. The summed E-state index contributed by atoms with van der Waals surface area (Å²) in [7, 11) is -3.55. The number of sulfonamides is 1. The van der Waals surface area contributed by atoms with Crippen LogP contribution in [0, 0.1) is 0 Å². The molecule has 5 nitrogen and oxygen atoms in total. The Labute approximate surface area is 155 Å². The van der Waals surface area contributed by atoms with E-state index in [-0.39, 0.29) is 18.5 Å². The van der Waals surface area contributed by atoms with Gasteiger partial charge in [0.1, 0.15) is 0 Å². The highest BCUT2D eigenvalue weighted by Crippen LogP contribution is 2.32. The molecule has 6 heteroatoms. The van der Waals surface area contributed by atoms with Crippen molar-refractivity contribution in [3.05, 3.63) is 65.7 Å². The highest BCUT2D eigenvalue weighted by molar-refractivity contribution is 7.88. The van der Waals surface area contributed by atoms with E-state index in [1.807, 2.05) is 68.4 Å². The lowest BCUT2D eigenvalue weighted by Gasteiger charge is -2.30. The van der Waals surface area contributed by atoms with Crippen LogP contribution in [0.4, 0.5) is 5.69 Å². The van der Waals surface area contributed by atoms with Gasteiger partial charge in [0.25, 0.3) is 0 Å². The number of anilines is 1. The Morgan fingerprint density at radius 1 is 1.15 bits per heavy atom. The quantitative estimate of drug-likeness (QED) is 0.811. The van der Waals surface area contributed by atoms with Gasteiger partial charge in [-0.25, -0.2) is 8.42 Å². The lowest BCUT2D eigenvalue weighted by atomic mass is 10.1. The van der Waals surface area contributed by atoms with Crippen molar-refractivity contribution in [2.24, 2.45) is 0 Å². The molecule has 2 atom stereocenters. The van der Waals surface area contributed by atoms with Gasteiger partial charge in [0.15, 0.2) is 0 Å². The second-order valence-electron chi connectivity index (χ2n) is 6.84. The Balaban J connectivity index is 1.87. The zero-order valence-electron chi connectivity index (χ0n) is 15.3. The van der Waals surface area contributed by atoms with Gasteiger partial charge in [-0.2, -0.15) is 4.31 Å². The van der Waals surface area contributed by atoms with Crippen molar-refractivity contribution < 1.29 is 13.2 Å². The largest absolute Gasteiger partial charge is 0.308 e. The number of carbonyl (C=O) groups is 1. The van der Waals surface area contributed by atoms with E-state index in [1.54, 1.807) is 4.90 Å². The molecule has 0 N–H and O–H groups in total. The Hall–Kier alpha value is -2.18. The summed E-state index contributed by atoms with van der Waals surface area (Å²) >= 11 is 0. The molecule has 0 aliphatic carbocycles. The molecule has 2 unspecified atom stereocenters. The van der Waals surface area contributed by atoms with Crippen molar-refractivity contribution in [2.75, 3.05) is 17.7 Å². The number of hydrogen-bond donors (Lipinski definition) is 0. The van der Waals surface area contributed by atoms with Crippen LogP contribution in [0.1, 0.15) is 31.0 Å². The van der Waals surface area contributed by atoms with E-state index >= 15 is 0 Å². The van der Waals surface area contributed by atoms with Crippen molar-refractivity contribution in [3.63, 3.8) is 0 Å². The first kappa shape index (κ1) is 18.6. The van der Waals surface area contributed by atoms with Gasteiger partial charge in [-0.15, -0.1) is 0 Å². The van der Waals surface area contributed by atoms with Gasteiger partial charge in [-0.3, -0.25) is 4.79 Å². The average molecular weight is 372 g/mol. The van der Waals surface area contributed by atoms with E-state index in [1.165, 1.54) is 4.31 Å². The maximum Gasteiger partial charge on any atom is 0.242 e. The summed E-state index contributed by atoms with van der Waals surface area (Å²) in [6.45, 7) is 3.63. The van der Waals surface area contributed by atoms with Crippen molar-refractivity contribution in [3.8, 4) is 0 Å². The fourth-order valence-electron chi connectivity index (χ4n) is 3.59. The number of benzene rings is 2. The molecule has 0 spiro atoms. The van der Waals surface area contributed by atoms with Crippen LogP contribution in [0.2, 0.25) is 0 Å². The maximum atomic E-state index is 13.0. The summed E-state index contributed by atoms with van der Waals surface area (Å²) in [4.78, 5) is 14.8. The maximum absolute atomic E-state index is 13.0. The summed E-state index contributed by atoms with van der Waals surface area (Å²) in [5, 5.41) is 0. The molecule has 1 aliphatic heterocycles. The van der Waals surface area contributed by atoms with Crippen LogP contribution in [-0.2, 0) is 21.2 Å². The molecule has 0 saturated carbocycles. The minimum atomic E-state index is -3.55. The molecule has 1 amide bonds. The predicted molar refractivity (Wildman–Crippen MR) is 104 cm³/mol. The van der Waals surface area contributed by atoms with E-state index in [0.29, 0.717) is 0 Å². The van der Waals surface area contributed by atoms with Crippen molar-refractivity contribution in [1.82, 2.24) is 4.31 Å². The first-order valence-corrected chi connectivity index (χ1v) is 10.6. The van der Waals surface area contributed by atoms with Crippen LogP contribution < -0.4 is 4.90 Å². The van der Waals surface area contributed by atoms with Crippen LogP contribution in [0.5, 0.6) is 0 Å².